The van der Waals surface area contributed by atoms with Crippen LogP contribution in [0.2, 0.25) is 0 Å². The molecule has 0 aromatic carbocycles. The lowest BCUT2D eigenvalue weighted by atomic mass is 10.1. The molecule has 0 aliphatic rings. The molecule has 1 nitrogen and oxygen atoms in total. The highest BCUT2D eigenvalue weighted by Crippen LogP contribution is 2.34. The Labute approximate surface area is 106 Å². The van der Waals surface area contributed by atoms with Gasteiger partial charge in [0.05, 0.1) is 6.61 Å². The molecule has 0 aromatic heterocycles. The lowest BCUT2D eigenvalue weighted by Crippen LogP contribution is -2.40. The number of halogens is 4. The smallest absolute Gasteiger partial charge is 0.312 e. The van der Waals surface area contributed by atoms with Gasteiger partial charge < -0.3 is 4.74 Å². The third-order valence-electron chi connectivity index (χ3n) is 2.30. The summed E-state index contributed by atoms with van der Waals surface area (Å²) in [7, 11) is 0. The maximum atomic E-state index is 12.7. The molecule has 0 aliphatic carbocycles. The molecule has 0 aromatic rings. The second-order valence-electron chi connectivity index (χ2n) is 4.59. The van der Waals surface area contributed by atoms with Gasteiger partial charge in [0, 0.05) is 6.92 Å². The normalized spacial score (nSPS) is 13.7. The molecule has 0 rings (SSSR count). The van der Waals surface area contributed by atoms with Crippen molar-refractivity contribution in [3.05, 3.63) is 23.3 Å². The summed E-state index contributed by atoms with van der Waals surface area (Å²) in [5, 5.41) is 0. The molecule has 0 radical (unpaired) electrons. The Morgan fingerprint density at radius 2 is 1.61 bits per heavy atom. The van der Waals surface area contributed by atoms with E-state index in [-0.39, 0.29) is 6.92 Å². The highest BCUT2D eigenvalue weighted by molar-refractivity contribution is 5.02. The maximum absolute atomic E-state index is 12.7. The minimum absolute atomic E-state index is 0.137. The molecule has 0 atom stereocenters. The summed E-state index contributed by atoms with van der Waals surface area (Å²) in [4.78, 5) is 0. The molecule has 18 heavy (non-hydrogen) atoms. The fraction of sp³-hybridized carbons (Fsp3) is 0.692. The van der Waals surface area contributed by atoms with E-state index in [1.807, 2.05) is 19.9 Å². The van der Waals surface area contributed by atoms with Crippen molar-refractivity contribution in [1.82, 2.24) is 0 Å². The quantitative estimate of drug-likeness (QED) is 0.469. The molecule has 0 saturated heterocycles. The Morgan fingerprint density at radius 1 is 1.06 bits per heavy atom. The van der Waals surface area contributed by atoms with E-state index in [4.69, 9.17) is 0 Å². The average molecular weight is 268 g/mol. The second kappa shape index (κ2) is 6.92. The molecule has 0 N–H and O–H groups in total. The van der Waals surface area contributed by atoms with Gasteiger partial charge in [-0.25, -0.2) is 0 Å². The minimum Gasteiger partial charge on any atom is -0.312 e. The van der Waals surface area contributed by atoms with Crippen molar-refractivity contribution in [3.8, 4) is 0 Å². The zero-order valence-electron chi connectivity index (χ0n) is 11.2. The van der Waals surface area contributed by atoms with E-state index >= 15 is 0 Å². The molecule has 0 saturated carbocycles. The fourth-order valence-corrected chi connectivity index (χ4v) is 1.11. The van der Waals surface area contributed by atoms with Crippen LogP contribution >= 0.6 is 0 Å². The molecular weight excluding hydrogens is 248 g/mol. The number of hydrogen-bond donors (Lipinski definition) is 0. The van der Waals surface area contributed by atoms with E-state index in [1.54, 1.807) is 6.92 Å². The van der Waals surface area contributed by atoms with Crippen LogP contribution in [0.15, 0.2) is 23.3 Å². The summed E-state index contributed by atoms with van der Waals surface area (Å²) in [5.74, 6) is -4.17. The van der Waals surface area contributed by atoms with Crippen LogP contribution in [0.25, 0.3) is 0 Å². The zero-order valence-corrected chi connectivity index (χ0v) is 11.2. The molecule has 0 spiro atoms. The highest BCUT2D eigenvalue weighted by atomic mass is 19.3. The van der Waals surface area contributed by atoms with Crippen molar-refractivity contribution in [1.29, 1.82) is 0 Å². The number of ether oxygens (including phenoxy) is 1. The largest absolute Gasteiger partial charge is 0.419 e. The Morgan fingerprint density at radius 3 is 2.06 bits per heavy atom. The third-order valence-corrected chi connectivity index (χ3v) is 2.30. The van der Waals surface area contributed by atoms with Gasteiger partial charge in [0.2, 0.25) is 0 Å². The van der Waals surface area contributed by atoms with Gasteiger partial charge in [-0.2, -0.15) is 17.6 Å². The van der Waals surface area contributed by atoms with Gasteiger partial charge >= 0.3 is 12.0 Å². The first kappa shape index (κ1) is 17.2. The van der Waals surface area contributed by atoms with E-state index in [2.05, 4.69) is 4.74 Å². The van der Waals surface area contributed by atoms with E-state index in [0.717, 1.165) is 12.0 Å². The van der Waals surface area contributed by atoms with E-state index in [0.29, 0.717) is 6.42 Å². The number of rotatable bonds is 7. The standard InChI is InChI=1S/C13H20F4O/c1-10(2)6-5-7-11(3)8-9-18-13(16,17)12(4,14)15/h6,8H,5,7,9H2,1-4H3/b11-8+. The first-order valence-electron chi connectivity index (χ1n) is 5.75. The maximum Gasteiger partial charge on any atom is 0.419 e. The Balaban J connectivity index is 4.13. The first-order chi connectivity index (χ1) is 8.06. The predicted molar refractivity (Wildman–Crippen MR) is 63.9 cm³/mol. The topological polar surface area (TPSA) is 9.23 Å². The van der Waals surface area contributed by atoms with E-state index in [9.17, 15) is 17.6 Å². The lowest BCUT2D eigenvalue weighted by Gasteiger charge is -2.22. The van der Waals surface area contributed by atoms with Gasteiger partial charge in [-0.1, -0.05) is 23.3 Å². The Kier molecular flexibility index (Phi) is 6.60. The van der Waals surface area contributed by atoms with Crippen molar-refractivity contribution in [2.75, 3.05) is 6.61 Å². The SMILES string of the molecule is CC(C)=CCC/C(C)=C/COC(F)(F)C(C)(F)F. The van der Waals surface area contributed by atoms with Gasteiger partial charge in [-0.05, 0) is 33.6 Å². The van der Waals surface area contributed by atoms with Crippen LogP contribution in [0.4, 0.5) is 17.6 Å². The molecule has 106 valence electrons. The summed E-state index contributed by atoms with van der Waals surface area (Å²) < 4.78 is 54.2. The van der Waals surface area contributed by atoms with Crippen molar-refractivity contribution >= 4 is 0 Å². The number of hydrogen-bond acceptors (Lipinski definition) is 1. The second-order valence-corrected chi connectivity index (χ2v) is 4.59. The summed E-state index contributed by atoms with van der Waals surface area (Å²) in [6, 6.07) is 0. The van der Waals surface area contributed by atoms with Crippen LogP contribution in [0.5, 0.6) is 0 Å². The van der Waals surface area contributed by atoms with Crippen molar-refractivity contribution in [2.24, 2.45) is 0 Å². The molecule has 0 unspecified atom stereocenters. The fourth-order valence-electron chi connectivity index (χ4n) is 1.11. The molecule has 0 fully saturated rings. The van der Waals surface area contributed by atoms with Crippen molar-refractivity contribution < 1.29 is 22.3 Å². The Bertz CT molecular complexity index is 309. The van der Waals surface area contributed by atoms with Gasteiger partial charge in [-0.3, -0.25) is 0 Å². The highest BCUT2D eigenvalue weighted by Gasteiger charge is 2.53. The molecule has 0 amide bonds. The Hall–Kier alpha value is -0.840. The monoisotopic (exact) mass is 268 g/mol. The molecule has 0 bridgehead atoms. The van der Waals surface area contributed by atoms with Crippen LogP contribution in [0.1, 0.15) is 40.5 Å². The number of alkyl halides is 4. The minimum atomic E-state index is -4.43. The average Bonchev–Trinajstić information content (AvgIpc) is 2.14. The molecule has 0 heterocycles. The van der Waals surface area contributed by atoms with Crippen LogP contribution < -0.4 is 0 Å². The van der Waals surface area contributed by atoms with Crippen LogP contribution in [0, 0.1) is 0 Å². The zero-order chi connectivity index (χ0) is 14.4. The third kappa shape index (κ3) is 6.79. The van der Waals surface area contributed by atoms with Gasteiger partial charge in [0.1, 0.15) is 0 Å². The molecular formula is C13H20F4O. The summed E-state index contributed by atoms with van der Waals surface area (Å²) in [6.45, 7) is 5.30. The van der Waals surface area contributed by atoms with Crippen LogP contribution in [0.3, 0.4) is 0 Å². The first-order valence-corrected chi connectivity index (χ1v) is 5.75. The van der Waals surface area contributed by atoms with Crippen molar-refractivity contribution in [3.63, 3.8) is 0 Å². The summed E-state index contributed by atoms with van der Waals surface area (Å²) >= 11 is 0. The van der Waals surface area contributed by atoms with Gasteiger partial charge in [0.15, 0.2) is 0 Å². The number of allylic oxidation sites excluding steroid dienone is 3. The predicted octanol–water partition coefficient (Wildman–Crippen LogP) is 4.94. The van der Waals surface area contributed by atoms with Gasteiger partial charge in [0.25, 0.3) is 0 Å². The van der Waals surface area contributed by atoms with Gasteiger partial charge in [-0.15, -0.1) is 0 Å². The lowest BCUT2D eigenvalue weighted by molar-refractivity contribution is -0.337. The van der Waals surface area contributed by atoms with Crippen LogP contribution in [-0.4, -0.2) is 18.6 Å². The van der Waals surface area contributed by atoms with E-state index < -0.39 is 18.6 Å². The summed E-state index contributed by atoms with van der Waals surface area (Å²) in [5.41, 5.74) is 2.01. The molecule has 5 heteroatoms. The summed E-state index contributed by atoms with van der Waals surface area (Å²) in [6.07, 6.45) is 0.489. The van der Waals surface area contributed by atoms with Crippen LogP contribution in [-0.2, 0) is 4.74 Å². The van der Waals surface area contributed by atoms with E-state index in [1.165, 1.54) is 11.6 Å². The van der Waals surface area contributed by atoms with Crippen molar-refractivity contribution in [2.45, 2.75) is 52.6 Å². The molecule has 0 aliphatic heterocycles.